The Balaban J connectivity index is 2.59. The smallest absolute Gasteiger partial charge is 0.115 e. The van der Waals surface area contributed by atoms with Crippen molar-refractivity contribution in [2.75, 3.05) is 11.8 Å². The number of hydrogen-bond donors (Lipinski definition) is 0. The largest absolute Gasteiger partial charge is 0.126 e. The topological polar surface area (TPSA) is 0 Å². The summed E-state index contributed by atoms with van der Waals surface area (Å²) in [4.78, 5) is -0.683. The van der Waals surface area contributed by atoms with Gasteiger partial charge in [0.2, 0.25) is 0 Å². The molecule has 0 aliphatic heterocycles. The lowest BCUT2D eigenvalue weighted by Gasteiger charge is -2.45. The highest BCUT2D eigenvalue weighted by Gasteiger charge is 2.76. The fourth-order valence-electron chi connectivity index (χ4n) is 3.54. The van der Waals surface area contributed by atoms with Crippen LogP contribution in [0.15, 0.2) is 0 Å². The molecule has 2 aliphatic carbocycles. The monoisotopic (exact) mass is 376 g/mol. The Morgan fingerprint density at radius 1 is 1.06 bits per heavy atom. The summed E-state index contributed by atoms with van der Waals surface area (Å²) >= 11 is 43.9. The van der Waals surface area contributed by atoms with Gasteiger partial charge in [0.05, 0.1) is 10.8 Å². The number of alkyl halides is 7. The van der Waals surface area contributed by atoms with Gasteiger partial charge in [-0.25, -0.2) is 0 Å². The summed E-state index contributed by atoms with van der Waals surface area (Å²) in [5.41, 5.74) is -1.21. The number of rotatable bonds is 3. The summed E-state index contributed by atoms with van der Waals surface area (Å²) in [6, 6.07) is 0. The third-order valence-corrected chi connectivity index (χ3v) is 8.11. The minimum atomic E-state index is -0.683. The van der Waals surface area contributed by atoms with Crippen molar-refractivity contribution in [1.82, 2.24) is 0 Å². The van der Waals surface area contributed by atoms with Gasteiger partial charge >= 0.3 is 0 Å². The van der Waals surface area contributed by atoms with Crippen molar-refractivity contribution in [2.45, 2.75) is 27.4 Å². The maximum Gasteiger partial charge on any atom is 0.115 e. The standard InChI is InChI=1S/C10H11Cl7/c11-2-9(8(16)17)4-1-5(13)10(9,3-12)7(15)6(4)14/h4-8H,1-3H2/t4?,5-,6+,7-,9?,10?/m0/s1. The van der Waals surface area contributed by atoms with Crippen LogP contribution in [0.2, 0.25) is 0 Å². The van der Waals surface area contributed by atoms with Gasteiger partial charge in [0.15, 0.2) is 0 Å². The predicted molar refractivity (Wildman–Crippen MR) is 78.8 cm³/mol. The molecule has 0 aromatic carbocycles. The fraction of sp³-hybridized carbons (Fsp3) is 1.00. The van der Waals surface area contributed by atoms with E-state index in [1.54, 1.807) is 0 Å². The normalized spacial score (nSPS) is 53.6. The van der Waals surface area contributed by atoms with Crippen LogP contribution in [-0.4, -0.2) is 32.7 Å². The second-order valence-electron chi connectivity index (χ2n) is 4.80. The lowest BCUT2D eigenvalue weighted by atomic mass is 9.70. The lowest BCUT2D eigenvalue weighted by Crippen LogP contribution is -2.51. The minimum Gasteiger partial charge on any atom is -0.126 e. The predicted octanol–water partition coefficient (Wildman–Crippen LogP) is 5.10. The first-order valence-corrected chi connectivity index (χ1v) is 8.47. The summed E-state index contributed by atoms with van der Waals surface area (Å²) in [6.45, 7) is 0. The first-order chi connectivity index (χ1) is 7.90. The third kappa shape index (κ3) is 1.65. The van der Waals surface area contributed by atoms with Gasteiger partial charge in [-0.2, -0.15) is 0 Å². The molecule has 2 fully saturated rings. The minimum absolute atomic E-state index is 0.00502. The third-order valence-electron chi connectivity index (χ3n) is 4.54. The molecule has 7 heteroatoms. The van der Waals surface area contributed by atoms with E-state index in [-0.39, 0.29) is 33.8 Å². The summed E-state index contributed by atoms with van der Waals surface area (Å²) < 4.78 is 0. The van der Waals surface area contributed by atoms with Crippen LogP contribution in [0, 0.1) is 16.7 Å². The molecular formula is C10H11Cl7. The second kappa shape index (κ2) is 5.10. The van der Waals surface area contributed by atoms with E-state index in [1.807, 2.05) is 0 Å². The van der Waals surface area contributed by atoms with Crippen molar-refractivity contribution in [3.05, 3.63) is 0 Å². The first-order valence-electron chi connectivity index (χ1n) is 5.22. The van der Waals surface area contributed by atoms with Gasteiger partial charge in [-0.15, -0.1) is 81.2 Å². The van der Waals surface area contributed by atoms with Crippen LogP contribution in [-0.2, 0) is 0 Å². The van der Waals surface area contributed by atoms with Crippen LogP contribution in [0.25, 0.3) is 0 Å². The zero-order valence-electron chi connectivity index (χ0n) is 8.65. The molecule has 2 rings (SSSR count). The summed E-state index contributed by atoms with van der Waals surface area (Å²) in [5, 5.41) is -0.799. The van der Waals surface area contributed by atoms with E-state index < -0.39 is 15.7 Å². The molecular weight excluding hydrogens is 368 g/mol. The van der Waals surface area contributed by atoms with Gasteiger partial charge in [0.25, 0.3) is 0 Å². The zero-order chi connectivity index (χ0) is 13.0. The molecule has 0 radical (unpaired) electrons. The SMILES string of the molecule is ClCC1(C(Cl)Cl)C2C[C@H](Cl)C1(CCl)[C@@H](Cl)[C@@H]2Cl. The van der Waals surface area contributed by atoms with E-state index >= 15 is 0 Å². The molecule has 0 aromatic rings. The highest BCUT2D eigenvalue weighted by molar-refractivity contribution is 6.46. The molecule has 0 heterocycles. The molecule has 100 valence electrons. The van der Waals surface area contributed by atoms with E-state index in [0.717, 1.165) is 0 Å². The maximum absolute atomic E-state index is 6.44. The number of halogens is 7. The van der Waals surface area contributed by atoms with Crippen LogP contribution in [0.3, 0.4) is 0 Å². The van der Waals surface area contributed by atoms with E-state index in [2.05, 4.69) is 0 Å². The zero-order valence-corrected chi connectivity index (χ0v) is 13.9. The van der Waals surface area contributed by atoms with Gasteiger partial charge in [0, 0.05) is 28.0 Å². The molecule has 6 atom stereocenters. The van der Waals surface area contributed by atoms with Gasteiger partial charge in [-0.1, -0.05) is 0 Å². The van der Waals surface area contributed by atoms with E-state index in [4.69, 9.17) is 81.2 Å². The Morgan fingerprint density at radius 2 is 1.65 bits per heavy atom. The van der Waals surface area contributed by atoms with Gasteiger partial charge in [0.1, 0.15) is 4.84 Å². The fourth-order valence-corrected chi connectivity index (χ4v) is 7.78. The van der Waals surface area contributed by atoms with Gasteiger partial charge < -0.3 is 0 Å². The van der Waals surface area contributed by atoms with Crippen LogP contribution in [0.1, 0.15) is 6.42 Å². The molecule has 0 N–H and O–H groups in total. The van der Waals surface area contributed by atoms with E-state index in [1.165, 1.54) is 0 Å². The van der Waals surface area contributed by atoms with Crippen LogP contribution in [0.5, 0.6) is 0 Å². The highest BCUT2D eigenvalue weighted by atomic mass is 35.5. The van der Waals surface area contributed by atoms with Crippen LogP contribution >= 0.6 is 81.2 Å². The first kappa shape index (κ1) is 15.4. The molecule has 0 saturated heterocycles. The second-order valence-corrected chi connectivity index (χ2v) is 7.94. The summed E-state index contributed by atoms with van der Waals surface area (Å²) in [7, 11) is 0. The molecule has 0 aromatic heterocycles. The molecule has 0 nitrogen and oxygen atoms in total. The van der Waals surface area contributed by atoms with Crippen molar-refractivity contribution in [3.63, 3.8) is 0 Å². The van der Waals surface area contributed by atoms with Crippen LogP contribution < -0.4 is 0 Å². The molecule has 2 aliphatic rings. The van der Waals surface area contributed by atoms with Gasteiger partial charge in [-0.3, -0.25) is 0 Å². The van der Waals surface area contributed by atoms with Crippen molar-refractivity contribution < 1.29 is 0 Å². The molecule has 2 saturated carbocycles. The van der Waals surface area contributed by atoms with Crippen molar-refractivity contribution in [3.8, 4) is 0 Å². The molecule has 0 amide bonds. The Bertz CT molecular complexity index is 305. The Morgan fingerprint density at radius 3 is 2.00 bits per heavy atom. The number of fused-ring (bicyclic) bond motifs is 2. The van der Waals surface area contributed by atoms with E-state index in [9.17, 15) is 0 Å². The highest BCUT2D eigenvalue weighted by Crippen LogP contribution is 2.73. The Kier molecular flexibility index (Phi) is 4.62. The summed E-state index contributed by atoms with van der Waals surface area (Å²) in [6.07, 6.45) is 0.703. The quantitative estimate of drug-likeness (QED) is 0.599. The molecule has 2 bridgehead atoms. The summed E-state index contributed by atoms with van der Waals surface area (Å²) in [5.74, 6) is 0.528. The van der Waals surface area contributed by atoms with Crippen molar-refractivity contribution >= 4 is 81.2 Å². The van der Waals surface area contributed by atoms with Crippen molar-refractivity contribution in [1.29, 1.82) is 0 Å². The Hall–Kier alpha value is 2.03. The Labute approximate surface area is 136 Å². The van der Waals surface area contributed by atoms with Gasteiger partial charge in [-0.05, 0) is 12.3 Å². The lowest BCUT2D eigenvalue weighted by molar-refractivity contribution is 0.158. The average Bonchev–Trinajstić information content (AvgIpc) is 2.65. The van der Waals surface area contributed by atoms with Crippen molar-refractivity contribution in [2.24, 2.45) is 16.7 Å². The molecule has 17 heavy (non-hydrogen) atoms. The molecule has 0 spiro atoms. The number of hydrogen-bond acceptors (Lipinski definition) is 0. The van der Waals surface area contributed by atoms with Crippen LogP contribution in [0.4, 0.5) is 0 Å². The van der Waals surface area contributed by atoms with E-state index in [0.29, 0.717) is 6.42 Å². The average molecular weight is 379 g/mol. The maximum atomic E-state index is 6.44. The molecule has 3 unspecified atom stereocenters.